The van der Waals surface area contributed by atoms with Gasteiger partial charge in [0.05, 0.1) is 19.8 Å². The highest BCUT2D eigenvalue weighted by molar-refractivity contribution is 5.40. The molecule has 2 aromatic rings. The minimum atomic E-state index is -0.265. The molecule has 7 nitrogen and oxygen atoms in total. The largest absolute Gasteiger partial charge is 0.379 e. The Balaban J connectivity index is 1.48. The highest BCUT2D eigenvalue weighted by Crippen LogP contribution is 2.29. The zero-order chi connectivity index (χ0) is 17.9. The summed E-state index contributed by atoms with van der Waals surface area (Å²) in [6, 6.07) is 3.09. The lowest BCUT2D eigenvalue weighted by Crippen LogP contribution is -2.37. The Morgan fingerprint density at radius 3 is 2.88 bits per heavy atom. The molecule has 2 aliphatic rings. The highest BCUT2D eigenvalue weighted by atomic mass is 19.1. The molecule has 2 aromatic heterocycles. The second-order valence-electron chi connectivity index (χ2n) is 7.02. The molecule has 1 atom stereocenters. The fraction of sp³-hybridized carbons (Fsp3) is 0.611. The normalized spacial score (nSPS) is 21.9. The summed E-state index contributed by atoms with van der Waals surface area (Å²) in [5, 5.41) is 8.89. The van der Waals surface area contributed by atoms with Crippen LogP contribution in [0, 0.1) is 5.82 Å². The first-order chi connectivity index (χ1) is 12.7. The molecule has 0 amide bonds. The number of hydrogen-bond donors (Lipinski definition) is 0. The van der Waals surface area contributed by atoms with Crippen LogP contribution in [0.5, 0.6) is 0 Å². The smallest absolute Gasteiger partial charge is 0.165 e. The summed E-state index contributed by atoms with van der Waals surface area (Å²) in [5.74, 6) is 2.37. The second-order valence-corrected chi connectivity index (χ2v) is 7.02. The van der Waals surface area contributed by atoms with Crippen LogP contribution in [-0.4, -0.2) is 64.0 Å². The van der Waals surface area contributed by atoms with Gasteiger partial charge in [0.15, 0.2) is 11.6 Å². The first-order valence-corrected chi connectivity index (χ1v) is 9.26. The summed E-state index contributed by atoms with van der Waals surface area (Å²) in [4.78, 5) is 8.59. The Labute approximate surface area is 152 Å². The van der Waals surface area contributed by atoms with Crippen LogP contribution in [0.1, 0.15) is 30.4 Å². The molecule has 1 unspecified atom stereocenters. The van der Waals surface area contributed by atoms with Crippen LogP contribution in [0.2, 0.25) is 0 Å². The average molecular weight is 360 g/mol. The molecule has 140 valence electrons. The van der Waals surface area contributed by atoms with Gasteiger partial charge in [-0.15, -0.1) is 10.2 Å². The monoisotopic (exact) mass is 360 g/mol. The molecule has 0 bridgehead atoms. The average Bonchev–Trinajstić information content (AvgIpc) is 3.03. The van der Waals surface area contributed by atoms with Gasteiger partial charge in [-0.1, -0.05) is 0 Å². The zero-order valence-corrected chi connectivity index (χ0v) is 15.1. The Bertz CT molecular complexity index is 745. The van der Waals surface area contributed by atoms with E-state index in [9.17, 15) is 4.39 Å². The lowest BCUT2D eigenvalue weighted by molar-refractivity contribution is 0.0326. The van der Waals surface area contributed by atoms with Crippen LogP contribution < -0.4 is 4.90 Å². The van der Waals surface area contributed by atoms with Crippen molar-refractivity contribution in [2.75, 3.05) is 44.3 Å². The van der Waals surface area contributed by atoms with Gasteiger partial charge in [0.1, 0.15) is 11.6 Å². The van der Waals surface area contributed by atoms with E-state index in [1.54, 1.807) is 12.3 Å². The van der Waals surface area contributed by atoms with Gasteiger partial charge in [0.2, 0.25) is 0 Å². The predicted molar refractivity (Wildman–Crippen MR) is 95.5 cm³/mol. The van der Waals surface area contributed by atoms with E-state index < -0.39 is 0 Å². The molecular weight excluding hydrogens is 335 g/mol. The van der Waals surface area contributed by atoms with Crippen molar-refractivity contribution in [2.24, 2.45) is 7.05 Å². The summed E-state index contributed by atoms with van der Waals surface area (Å²) in [7, 11) is 2.03. The summed E-state index contributed by atoms with van der Waals surface area (Å²) < 4.78 is 21.6. The van der Waals surface area contributed by atoms with Crippen molar-refractivity contribution in [3.05, 3.63) is 35.8 Å². The topological polar surface area (TPSA) is 59.3 Å². The Kier molecular flexibility index (Phi) is 5.12. The molecule has 0 spiro atoms. The minimum Gasteiger partial charge on any atom is -0.379 e. The van der Waals surface area contributed by atoms with Crippen LogP contribution >= 0.6 is 0 Å². The van der Waals surface area contributed by atoms with Gasteiger partial charge in [-0.05, 0) is 25.0 Å². The highest BCUT2D eigenvalue weighted by Gasteiger charge is 2.28. The third-order valence-corrected chi connectivity index (χ3v) is 5.29. The van der Waals surface area contributed by atoms with Gasteiger partial charge in [-0.25, -0.2) is 9.37 Å². The number of piperidine rings is 1. The number of ether oxygens (including phenoxy) is 1. The van der Waals surface area contributed by atoms with Crippen molar-refractivity contribution < 1.29 is 9.13 Å². The Morgan fingerprint density at radius 1 is 1.23 bits per heavy atom. The number of anilines is 1. The van der Waals surface area contributed by atoms with E-state index in [4.69, 9.17) is 4.74 Å². The maximum atomic E-state index is 14.1. The molecule has 2 saturated heterocycles. The number of pyridine rings is 1. The van der Waals surface area contributed by atoms with Crippen molar-refractivity contribution in [1.82, 2.24) is 24.6 Å². The third kappa shape index (κ3) is 3.57. The number of hydrogen-bond acceptors (Lipinski definition) is 6. The van der Waals surface area contributed by atoms with Gasteiger partial charge in [0.25, 0.3) is 0 Å². The van der Waals surface area contributed by atoms with E-state index in [2.05, 4.69) is 24.6 Å². The lowest BCUT2D eigenvalue weighted by Gasteiger charge is -2.33. The van der Waals surface area contributed by atoms with Gasteiger partial charge in [0, 0.05) is 45.3 Å². The molecule has 8 heteroatoms. The van der Waals surface area contributed by atoms with E-state index in [1.807, 2.05) is 11.9 Å². The van der Waals surface area contributed by atoms with Crippen molar-refractivity contribution in [1.29, 1.82) is 0 Å². The predicted octanol–water partition coefficient (Wildman–Crippen LogP) is 1.57. The number of halogens is 1. The van der Waals surface area contributed by atoms with Crippen LogP contribution in [-0.2, 0) is 18.3 Å². The Hall–Kier alpha value is -2.06. The summed E-state index contributed by atoms with van der Waals surface area (Å²) >= 11 is 0. The standard InChI is InChI=1S/C18H25FN6O/c1-23-16(13-24-8-10-26-11-9-24)21-22-17(23)14-4-3-7-25(12-14)18-15(19)5-2-6-20-18/h2,5-6,14H,3-4,7-13H2,1H3. The molecule has 0 N–H and O–H groups in total. The van der Waals surface area contributed by atoms with E-state index in [0.29, 0.717) is 5.82 Å². The van der Waals surface area contributed by atoms with Crippen molar-refractivity contribution in [2.45, 2.75) is 25.3 Å². The molecule has 26 heavy (non-hydrogen) atoms. The first-order valence-electron chi connectivity index (χ1n) is 9.26. The first kappa shape index (κ1) is 17.4. The molecule has 4 heterocycles. The summed E-state index contributed by atoms with van der Waals surface area (Å²) in [5.41, 5.74) is 0. The summed E-state index contributed by atoms with van der Waals surface area (Å²) in [6.07, 6.45) is 3.67. The van der Waals surface area contributed by atoms with Crippen LogP contribution in [0.15, 0.2) is 18.3 Å². The third-order valence-electron chi connectivity index (χ3n) is 5.29. The molecular formula is C18H25FN6O. The van der Waals surface area contributed by atoms with Crippen molar-refractivity contribution in [3.8, 4) is 0 Å². The molecule has 2 aliphatic heterocycles. The molecule has 0 radical (unpaired) electrons. The zero-order valence-electron chi connectivity index (χ0n) is 15.1. The van der Waals surface area contributed by atoms with Gasteiger partial charge in [-0.2, -0.15) is 0 Å². The molecule has 4 rings (SSSR count). The SMILES string of the molecule is Cn1c(CN2CCOCC2)nnc1C1CCCN(c2ncccc2F)C1. The van der Waals surface area contributed by atoms with Crippen molar-refractivity contribution >= 4 is 5.82 Å². The Morgan fingerprint density at radius 2 is 2.08 bits per heavy atom. The lowest BCUT2D eigenvalue weighted by atomic mass is 9.97. The quantitative estimate of drug-likeness (QED) is 0.825. The van der Waals surface area contributed by atoms with Gasteiger partial charge >= 0.3 is 0 Å². The number of morpholine rings is 1. The van der Waals surface area contributed by atoms with E-state index >= 15 is 0 Å². The maximum absolute atomic E-state index is 14.1. The van der Waals surface area contributed by atoms with E-state index in [0.717, 1.165) is 70.4 Å². The number of aromatic nitrogens is 4. The fourth-order valence-corrected chi connectivity index (χ4v) is 3.82. The minimum absolute atomic E-state index is 0.237. The fourth-order valence-electron chi connectivity index (χ4n) is 3.82. The summed E-state index contributed by atoms with van der Waals surface area (Å²) in [6.45, 7) is 5.74. The second kappa shape index (κ2) is 7.67. The molecule has 0 aromatic carbocycles. The van der Waals surface area contributed by atoms with Gasteiger partial charge < -0.3 is 14.2 Å². The van der Waals surface area contributed by atoms with Crippen LogP contribution in [0.25, 0.3) is 0 Å². The number of rotatable bonds is 4. The number of nitrogens with zero attached hydrogens (tertiary/aromatic N) is 6. The van der Waals surface area contributed by atoms with Crippen LogP contribution in [0.4, 0.5) is 10.2 Å². The van der Waals surface area contributed by atoms with Crippen molar-refractivity contribution in [3.63, 3.8) is 0 Å². The molecule has 2 fully saturated rings. The molecule has 0 aliphatic carbocycles. The maximum Gasteiger partial charge on any atom is 0.165 e. The van der Waals surface area contributed by atoms with Gasteiger partial charge in [-0.3, -0.25) is 4.90 Å². The van der Waals surface area contributed by atoms with E-state index in [1.165, 1.54) is 6.07 Å². The molecule has 0 saturated carbocycles. The van der Waals surface area contributed by atoms with E-state index in [-0.39, 0.29) is 11.7 Å². The van der Waals surface area contributed by atoms with Crippen LogP contribution in [0.3, 0.4) is 0 Å².